The van der Waals surface area contributed by atoms with Gasteiger partial charge in [-0.15, -0.1) is 9.24 Å². The number of allylic oxidation sites excluding steroid dienone is 2. The van der Waals surface area contributed by atoms with E-state index in [0.717, 1.165) is 30.3 Å². The zero-order valence-corrected chi connectivity index (χ0v) is 11.5. The van der Waals surface area contributed by atoms with Crippen LogP contribution in [-0.4, -0.2) is 32.7 Å². The fourth-order valence-electron chi connectivity index (χ4n) is 1.67. The smallest absolute Gasteiger partial charge is 0.224 e. The lowest BCUT2D eigenvalue weighted by molar-refractivity contribution is 0.834. The summed E-state index contributed by atoms with van der Waals surface area (Å²) in [6.07, 6.45) is 8.12. The number of nitrogens with two attached hydrogens (primary N) is 1. The summed E-state index contributed by atoms with van der Waals surface area (Å²) in [6.45, 7) is 0.737. The molecule has 2 rings (SSSR count). The lowest BCUT2D eigenvalue weighted by Gasteiger charge is -2.03. The highest BCUT2D eigenvalue weighted by atomic mass is 31.0. The molecule has 0 fully saturated rings. The van der Waals surface area contributed by atoms with Crippen LogP contribution in [-0.2, 0) is 6.54 Å². The molecular formula is C11H17N6P. The number of nitrogen functional groups attached to an aromatic ring is 1. The number of imidazole rings is 1. The lowest BCUT2D eigenvalue weighted by Crippen LogP contribution is -2.03. The molecule has 7 heteroatoms. The number of nitrogens with zero attached hydrogens (tertiary/aromatic N) is 4. The summed E-state index contributed by atoms with van der Waals surface area (Å²) in [5.41, 5.74) is 7.17. The molecule has 0 radical (unpaired) electrons. The van der Waals surface area contributed by atoms with Gasteiger partial charge in [0.1, 0.15) is 0 Å². The number of anilines is 2. The molecule has 0 bridgehead atoms. The Hall–Kier alpha value is -1.68. The molecule has 0 aliphatic rings. The van der Waals surface area contributed by atoms with Crippen molar-refractivity contribution in [3.8, 4) is 0 Å². The largest absolute Gasteiger partial charge is 0.371 e. The minimum atomic E-state index is 0.252. The highest BCUT2D eigenvalue weighted by Gasteiger charge is 2.10. The molecule has 0 aromatic carbocycles. The fraction of sp³-hybridized carbons (Fsp3) is 0.364. The van der Waals surface area contributed by atoms with Crippen LogP contribution in [0.3, 0.4) is 0 Å². The summed E-state index contributed by atoms with van der Waals surface area (Å²) in [5, 5.41) is 2.97. The molecular weight excluding hydrogens is 247 g/mol. The van der Waals surface area contributed by atoms with Gasteiger partial charge in [0, 0.05) is 13.6 Å². The van der Waals surface area contributed by atoms with Crippen LogP contribution < -0.4 is 11.1 Å². The van der Waals surface area contributed by atoms with Gasteiger partial charge >= 0.3 is 0 Å². The van der Waals surface area contributed by atoms with Crippen LogP contribution >= 0.6 is 9.24 Å². The minimum Gasteiger partial charge on any atom is -0.371 e. The van der Waals surface area contributed by atoms with Crippen molar-refractivity contribution < 1.29 is 0 Å². The fourth-order valence-corrected chi connectivity index (χ4v) is 1.86. The van der Waals surface area contributed by atoms with Crippen LogP contribution in [0.1, 0.15) is 6.42 Å². The molecule has 18 heavy (non-hydrogen) atoms. The topological polar surface area (TPSA) is 81.7 Å². The molecule has 2 aromatic heterocycles. The first kappa shape index (κ1) is 12.8. The van der Waals surface area contributed by atoms with E-state index in [4.69, 9.17) is 5.73 Å². The number of aromatic nitrogens is 4. The molecule has 0 aliphatic carbocycles. The highest BCUT2D eigenvalue weighted by Crippen LogP contribution is 2.19. The standard InChI is InChI=1S/C11H17N6P/c1-13-9-8-10(16-11(12)15-9)17(7-14-8)5-3-2-4-6-18/h2-3,7H,4-6,18H2,1H3,(H3,12,13,15,16)/b3-2-. The lowest BCUT2D eigenvalue weighted by atomic mass is 10.4. The third kappa shape index (κ3) is 2.59. The van der Waals surface area contributed by atoms with Gasteiger partial charge in [-0.25, -0.2) is 4.98 Å². The van der Waals surface area contributed by atoms with E-state index >= 15 is 0 Å². The molecule has 0 aliphatic heterocycles. The van der Waals surface area contributed by atoms with Gasteiger partial charge in [-0.2, -0.15) is 9.97 Å². The highest BCUT2D eigenvalue weighted by molar-refractivity contribution is 7.16. The predicted octanol–water partition coefficient (Wildman–Crippen LogP) is 1.27. The number of nitrogens with one attached hydrogen (secondary N) is 1. The van der Waals surface area contributed by atoms with E-state index in [0.29, 0.717) is 5.82 Å². The van der Waals surface area contributed by atoms with E-state index in [1.54, 1.807) is 13.4 Å². The Morgan fingerprint density at radius 1 is 1.44 bits per heavy atom. The Kier molecular flexibility index (Phi) is 4.10. The average Bonchev–Trinajstić information content (AvgIpc) is 2.77. The van der Waals surface area contributed by atoms with Gasteiger partial charge in [-0.05, 0) is 12.6 Å². The first-order valence-electron chi connectivity index (χ1n) is 5.77. The number of fused-ring (bicyclic) bond motifs is 1. The summed E-state index contributed by atoms with van der Waals surface area (Å²) in [5.74, 6) is 0.910. The van der Waals surface area contributed by atoms with Crippen LogP contribution in [0.15, 0.2) is 18.5 Å². The van der Waals surface area contributed by atoms with Crippen molar-refractivity contribution in [2.24, 2.45) is 0 Å². The summed E-state index contributed by atoms with van der Waals surface area (Å²) in [6, 6.07) is 0. The van der Waals surface area contributed by atoms with E-state index in [1.165, 1.54) is 0 Å². The molecule has 0 spiro atoms. The van der Waals surface area contributed by atoms with Crippen LogP contribution in [0.4, 0.5) is 11.8 Å². The van der Waals surface area contributed by atoms with Crippen molar-refractivity contribution in [2.75, 3.05) is 24.3 Å². The van der Waals surface area contributed by atoms with Gasteiger partial charge in [0.2, 0.25) is 5.95 Å². The second-order valence-electron chi connectivity index (χ2n) is 3.80. The van der Waals surface area contributed by atoms with E-state index in [2.05, 4.69) is 41.7 Å². The number of hydrogen-bond donors (Lipinski definition) is 2. The molecule has 6 nitrogen and oxygen atoms in total. The molecule has 1 atom stereocenters. The second kappa shape index (κ2) is 5.78. The van der Waals surface area contributed by atoms with Gasteiger partial charge in [0.15, 0.2) is 17.0 Å². The van der Waals surface area contributed by atoms with E-state index < -0.39 is 0 Å². The van der Waals surface area contributed by atoms with Crippen LogP contribution in [0.2, 0.25) is 0 Å². The molecule has 0 saturated heterocycles. The zero-order chi connectivity index (χ0) is 13.0. The Morgan fingerprint density at radius 2 is 2.28 bits per heavy atom. The normalized spacial score (nSPS) is 11.4. The molecule has 1 unspecified atom stereocenters. The molecule has 0 saturated carbocycles. The quantitative estimate of drug-likeness (QED) is 0.628. The molecule has 2 heterocycles. The third-order valence-electron chi connectivity index (χ3n) is 2.52. The molecule has 2 aromatic rings. The van der Waals surface area contributed by atoms with Crippen molar-refractivity contribution in [1.82, 2.24) is 19.5 Å². The molecule has 3 N–H and O–H groups in total. The maximum atomic E-state index is 5.68. The maximum Gasteiger partial charge on any atom is 0.224 e. The first-order chi connectivity index (χ1) is 8.76. The maximum absolute atomic E-state index is 5.68. The Morgan fingerprint density at radius 3 is 3.00 bits per heavy atom. The van der Waals surface area contributed by atoms with Crippen molar-refractivity contribution in [2.45, 2.75) is 13.0 Å². The predicted molar refractivity (Wildman–Crippen MR) is 77.6 cm³/mol. The summed E-state index contributed by atoms with van der Waals surface area (Å²) in [4.78, 5) is 12.6. The van der Waals surface area contributed by atoms with Crippen molar-refractivity contribution in [3.05, 3.63) is 18.5 Å². The van der Waals surface area contributed by atoms with Gasteiger partial charge in [0.05, 0.1) is 6.33 Å². The SMILES string of the molecule is CNc1nc(N)nc2c1ncn2C/C=C\CCP. The van der Waals surface area contributed by atoms with Crippen LogP contribution in [0, 0.1) is 0 Å². The molecule has 96 valence electrons. The van der Waals surface area contributed by atoms with Gasteiger partial charge < -0.3 is 15.6 Å². The van der Waals surface area contributed by atoms with Crippen molar-refractivity contribution >= 4 is 32.2 Å². The Labute approximate surface area is 108 Å². The summed E-state index contributed by atoms with van der Waals surface area (Å²) >= 11 is 0. The first-order valence-corrected chi connectivity index (χ1v) is 6.59. The summed E-state index contributed by atoms with van der Waals surface area (Å²) < 4.78 is 1.95. The van der Waals surface area contributed by atoms with E-state index in [9.17, 15) is 0 Å². The number of rotatable bonds is 5. The van der Waals surface area contributed by atoms with E-state index in [1.807, 2.05) is 4.57 Å². The van der Waals surface area contributed by atoms with Gasteiger partial charge in [-0.3, -0.25) is 0 Å². The van der Waals surface area contributed by atoms with Crippen LogP contribution in [0.5, 0.6) is 0 Å². The van der Waals surface area contributed by atoms with E-state index in [-0.39, 0.29) is 5.95 Å². The average molecular weight is 264 g/mol. The second-order valence-corrected chi connectivity index (χ2v) is 4.38. The third-order valence-corrected chi connectivity index (χ3v) is 2.85. The Balaban J connectivity index is 2.32. The van der Waals surface area contributed by atoms with Gasteiger partial charge in [-0.1, -0.05) is 12.2 Å². The van der Waals surface area contributed by atoms with Crippen molar-refractivity contribution in [1.29, 1.82) is 0 Å². The van der Waals surface area contributed by atoms with Crippen molar-refractivity contribution in [3.63, 3.8) is 0 Å². The Bertz CT molecular complexity index is 562. The summed E-state index contributed by atoms with van der Waals surface area (Å²) in [7, 11) is 4.49. The monoisotopic (exact) mass is 264 g/mol. The van der Waals surface area contributed by atoms with Gasteiger partial charge in [0.25, 0.3) is 0 Å². The zero-order valence-electron chi connectivity index (χ0n) is 10.3. The minimum absolute atomic E-state index is 0.252. The van der Waals surface area contributed by atoms with Crippen LogP contribution in [0.25, 0.3) is 11.2 Å². The molecule has 0 amide bonds. The number of hydrogen-bond acceptors (Lipinski definition) is 5.